The molecule has 0 aromatic heterocycles. The van der Waals surface area contributed by atoms with Gasteiger partial charge < -0.3 is 15.4 Å². The molecule has 2 rings (SSSR count). The van der Waals surface area contributed by atoms with Crippen molar-refractivity contribution >= 4 is 39.2 Å². The molecule has 0 radical (unpaired) electrons. The van der Waals surface area contributed by atoms with Gasteiger partial charge in [-0.25, -0.2) is 13.2 Å². The van der Waals surface area contributed by atoms with Crippen molar-refractivity contribution in [2.24, 2.45) is 0 Å². The third kappa shape index (κ3) is 6.02. The fourth-order valence-electron chi connectivity index (χ4n) is 2.40. The van der Waals surface area contributed by atoms with E-state index in [1.54, 1.807) is 18.7 Å². The zero-order valence-corrected chi connectivity index (χ0v) is 15.8. The molecule has 1 aliphatic heterocycles. The van der Waals surface area contributed by atoms with Gasteiger partial charge in [0.1, 0.15) is 0 Å². The minimum atomic E-state index is -3.53. The maximum Gasteiger partial charge on any atom is 0.338 e. The summed E-state index contributed by atoms with van der Waals surface area (Å²) in [7, 11) is -3.53. The van der Waals surface area contributed by atoms with Crippen LogP contribution in [0.2, 0.25) is 0 Å². The monoisotopic (exact) mass is 386 g/mol. The number of carbonyl (C=O) groups is 2. The Hall–Kier alpha value is -1.58. The third-order valence-corrected chi connectivity index (χ3v) is 5.78. The summed E-state index contributed by atoms with van der Waals surface area (Å²) in [4.78, 5) is 24.1. The molecule has 1 aliphatic rings. The number of rotatable bonds is 6. The number of esters is 1. The highest BCUT2D eigenvalue weighted by atomic mass is 32.2. The van der Waals surface area contributed by atoms with Crippen LogP contribution in [0, 0.1) is 0 Å². The lowest BCUT2D eigenvalue weighted by atomic mass is 10.2. The Bertz CT molecular complexity index is 743. The number of nitrogens with one attached hydrogen (secondary N) is 2. The maximum atomic E-state index is 12.2. The van der Waals surface area contributed by atoms with E-state index in [0.29, 0.717) is 0 Å². The number of hydrogen-bond donors (Lipinski definition) is 2. The number of benzene rings is 1. The van der Waals surface area contributed by atoms with E-state index in [1.165, 1.54) is 18.2 Å². The van der Waals surface area contributed by atoms with Crippen molar-refractivity contribution in [2.45, 2.75) is 24.3 Å². The van der Waals surface area contributed by atoms with Crippen molar-refractivity contribution in [1.29, 1.82) is 0 Å². The smallest absolute Gasteiger partial charge is 0.338 e. The Labute approximate surface area is 151 Å². The summed E-state index contributed by atoms with van der Waals surface area (Å²) in [5.74, 6) is 1.01. The van der Waals surface area contributed by atoms with E-state index in [2.05, 4.69) is 10.6 Å². The maximum absolute atomic E-state index is 12.2. The van der Waals surface area contributed by atoms with Crippen molar-refractivity contribution in [3.05, 3.63) is 23.8 Å². The molecule has 25 heavy (non-hydrogen) atoms. The van der Waals surface area contributed by atoms with E-state index >= 15 is 0 Å². The van der Waals surface area contributed by atoms with Crippen LogP contribution in [-0.4, -0.2) is 57.2 Å². The van der Waals surface area contributed by atoms with Gasteiger partial charge in [0.2, 0.25) is 5.91 Å². The number of anilines is 1. The van der Waals surface area contributed by atoms with E-state index in [-0.39, 0.29) is 41.1 Å². The molecular weight excluding hydrogens is 364 g/mol. The zero-order chi connectivity index (χ0) is 18.4. The van der Waals surface area contributed by atoms with Crippen molar-refractivity contribution in [3.8, 4) is 0 Å². The molecule has 1 aromatic rings. The lowest BCUT2D eigenvalue weighted by Crippen LogP contribution is -2.39. The molecule has 0 bridgehead atoms. The highest BCUT2D eigenvalue weighted by molar-refractivity contribution is 7.99. The van der Waals surface area contributed by atoms with Gasteiger partial charge in [0.05, 0.1) is 17.1 Å². The second-order valence-corrected chi connectivity index (χ2v) is 8.88. The number of carbonyl (C=O) groups excluding carboxylic acids is 2. The standard InChI is InChI=1S/C16H22N2O5S2/c1-3-23-16(20)11-6-12(8-14(7-11)25(2,21)22)18-15(19)9-13-10-24-5-4-17-13/h6-8,13,17H,3-5,9-10H2,1-2H3,(H,18,19). The van der Waals surface area contributed by atoms with Crippen LogP contribution in [0.15, 0.2) is 23.1 Å². The number of thioether (sulfide) groups is 1. The lowest BCUT2D eigenvalue weighted by Gasteiger charge is -2.22. The average Bonchev–Trinajstić information content (AvgIpc) is 2.54. The normalized spacial score (nSPS) is 17.8. The third-order valence-electron chi connectivity index (χ3n) is 3.56. The highest BCUT2D eigenvalue weighted by Crippen LogP contribution is 2.21. The molecular formula is C16H22N2O5S2. The summed E-state index contributed by atoms with van der Waals surface area (Å²) in [5.41, 5.74) is 0.353. The topological polar surface area (TPSA) is 102 Å². The quantitative estimate of drug-likeness (QED) is 0.711. The van der Waals surface area contributed by atoms with Crippen LogP contribution in [-0.2, 0) is 19.4 Å². The molecule has 0 spiro atoms. The van der Waals surface area contributed by atoms with Gasteiger partial charge >= 0.3 is 5.97 Å². The predicted molar refractivity (Wildman–Crippen MR) is 97.9 cm³/mol. The largest absolute Gasteiger partial charge is 0.462 e. The van der Waals surface area contributed by atoms with Gasteiger partial charge in [-0.3, -0.25) is 4.79 Å². The van der Waals surface area contributed by atoms with Crippen LogP contribution in [0.1, 0.15) is 23.7 Å². The van der Waals surface area contributed by atoms with Gasteiger partial charge in [0, 0.05) is 42.5 Å². The molecule has 2 N–H and O–H groups in total. The summed E-state index contributed by atoms with van der Waals surface area (Å²) in [6.07, 6.45) is 1.33. The van der Waals surface area contributed by atoms with Crippen LogP contribution in [0.4, 0.5) is 5.69 Å². The number of amides is 1. The molecule has 9 heteroatoms. The van der Waals surface area contributed by atoms with Crippen LogP contribution in [0.3, 0.4) is 0 Å². The van der Waals surface area contributed by atoms with E-state index in [4.69, 9.17) is 4.74 Å². The summed E-state index contributed by atoms with van der Waals surface area (Å²) >= 11 is 1.79. The summed E-state index contributed by atoms with van der Waals surface area (Å²) in [6, 6.07) is 4.11. The average molecular weight is 386 g/mol. The SMILES string of the molecule is CCOC(=O)c1cc(NC(=O)CC2CSCCN2)cc(S(C)(=O)=O)c1. The van der Waals surface area contributed by atoms with E-state index < -0.39 is 15.8 Å². The number of sulfone groups is 1. The molecule has 1 saturated heterocycles. The van der Waals surface area contributed by atoms with E-state index in [1.807, 2.05) is 0 Å². The lowest BCUT2D eigenvalue weighted by molar-refractivity contribution is -0.116. The van der Waals surface area contributed by atoms with Gasteiger partial charge in [-0.1, -0.05) is 0 Å². The van der Waals surface area contributed by atoms with Crippen molar-refractivity contribution < 1.29 is 22.7 Å². The number of ether oxygens (including phenoxy) is 1. The van der Waals surface area contributed by atoms with Gasteiger partial charge in [0.25, 0.3) is 0 Å². The van der Waals surface area contributed by atoms with Crippen molar-refractivity contribution in [1.82, 2.24) is 5.32 Å². The Morgan fingerprint density at radius 2 is 2.12 bits per heavy atom. The number of hydrogen-bond acceptors (Lipinski definition) is 7. The molecule has 1 amide bonds. The predicted octanol–water partition coefficient (Wildman–Crippen LogP) is 1.30. The van der Waals surface area contributed by atoms with Crippen LogP contribution >= 0.6 is 11.8 Å². The Balaban J connectivity index is 2.18. The molecule has 1 fully saturated rings. The summed E-state index contributed by atoms with van der Waals surface area (Å²) in [5, 5.41) is 5.94. The fraction of sp³-hybridized carbons (Fsp3) is 0.500. The fourth-order valence-corrected chi connectivity index (χ4v) is 4.04. The van der Waals surface area contributed by atoms with Crippen molar-refractivity contribution in [2.75, 3.05) is 36.2 Å². The molecule has 1 aromatic carbocycles. The van der Waals surface area contributed by atoms with Crippen LogP contribution in [0.25, 0.3) is 0 Å². The second-order valence-electron chi connectivity index (χ2n) is 5.72. The van der Waals surface area contributed by atoms with Gasteiger partial charge in [0.15, 0.2) is 9.84 Å². The summed E-state index contributed by atoms with van der Waals surface area (Å²) in [6.45, 7) is 2.70. The Morgan fingerprint density at radius 3 is 2.72 bits per heavy atom. The Morgan fingerprint density at radius 1 is 1.36 bits per heavy atom. The molecule has 0 saturated carbocycles. The van der Waals surface area contributed by atoms with Gasteiger partial charge in [-0.15, -0.1) is 0 Å². The molecule has 1 heterocycles. The molecule has 1 atom stereocenters. The zero-order valence-electron chi connectivity index (χ0n) is 14.2. The second kappa shape index (κ2) is 8.68. The van der Waals surface area contributed by atoms with Crippen LogP contribution in [0.5, 0.6) is 0 Å². The van der Waals surface area contributed by atoms with E-state index in [0.717, 1.165) is 24.3 Å². The highest BCUT2D eigenvalue weighted by Gasteiger charge is 2.19. The van der Waals surface area contributed by atoms with Gasteiger partial charge in [-0.05, 0) is 25.1 Å². The minimum absolute atomic E-state index is 0.0419. The molecule has 7 nitrogen and oxygen atoms in total. The molecule has 1 unspecified atom stereocenters. The summed E-state index contributed by atoms with van der Waals surface area (Å²) < 4.78 is 28.6. The Kier molecular flexibility index (Phi) is 6.86. The van der Waals surface area contributed by atoms with Crippen molar-refractivity contribution in [3.63, 3.8) is 0 Å². The van der Waals surface area contributed by atoms with Gasteiger partial charge in [-0.2, -0.15) is 11.8 Å². The molecule has 0 aliphatic carbocycles. The minimum Gasteiger partial charge on any atom is -0.462 e. The first-order valence-corrected chi connectivity index (χ1v) is 11.0. The van der Waals surface area contributed by atoms with Crippen LogP contribution < -0.4 is 10.6 Å². The first kappa shape index (κ1) is 19.7. The first-order valence-electron chi connectivity index (χ1n) is 7.93. The first-order chi connectivity index (χ1) is 11.8. The molecule has 138 valence electrons. The van der Waals surface area contributed by atoms with E-state index in [9.17, 15) is 18.0 Å².